The van der Waals surface area contributed by atoms with Gasteiger partial charge in [0.25, 0.3) is 0 Å². The number of nitrogens with zero attached hydrogens (tertiary/aromatic N) is 1. The second kappa shape index (κ2) is 4.29. The van der Waals surface area contributed by atoms with E-state index in [1.54, 1.807) is 14.1 Å². The van der Waals surface area contributed by atoms with Crippen molar-refractivity contribution in [1.82, 2.24) is 4.90 Å². The van der Waals surface area contributed by atoms with Crippen molar-refractivity contribution in [2.24, 2.45) is 0 Å². The molecular weight excluding hydrogens is 224 g/mol. The van der Waals surface area contributed by atoms with E-state index < -0.39 is 23.2 Å². The lowest BCUT2D eigenvalue weighted by Gasteiger charge is -2.17. The molecule has 0 aliphatic carbocycles. The smallest absolute Gasteiger partial charge is 0.396 e. The Morgan fingerprint density at radius 2 is 1.81 bits per heavy atom. The molecule has 16 heavy (non-hydrogen) atoms. The van der Waals surface area contributed by atoms with Gasteiger partial charge in [-0.1, -0.05) is 0 Å². The summed E-state index contributed by atoms with van der Waals surface area (Å²) in [6.45, 7) is 0.00600. The Hall–Kier alpha value is -1.30. The van der Waals surface area contributed by atoms with Crippen LogP contribution in [0, 0.1) is 5.82 Å². The minimum atomic E-state index is -4.52. The lowest BCUT2D eigenvalue weighted by molar-refractivity contribution is -0.138. The normalized spacial score (nSPS) is 12.2. The number of rotatable bonds is 2. The predicted molar refractivity (Wildman–Crippen MR) is 53.2 cm³/mol. The molecule has 2 N–H and O–H groups in total. The molecule has 1 rings (SSSR count). The zero-order valence-corrected chi connectivity index (χ0v) is 8.90. The van der Waals surface area contributed by atoms with Gasteiger partial charge in [-0.3, -0.25) is 0 Å². The lowest BCUT2D eigenvalue weighted by Crippen LogP contribution is -2.17. The topological polar surface area (TPSA) is 29.3 Å². The number of benzene rings is 1. The fourth-order valence-electron chi connectivity index (χ4n) is 1.37. The number of anilines is 1. The van der Waals surface area contributed by atoms with Crippen LogP contribution < -0.4 is 5.73 Å². The van der Waals surface area contributed by atoms with E-state index in [9.17, 15) is 17.6 Å². The average Bonchev–Trinajstić information content (AvgIpc) is 2.08. The summed E-state index contributed by atoms with van der Waals surface area (Å²) in [5, 5.41) is 0. The van der Waals surface area contributed by atoms with E-state index in [0.717, 1.165) is 6.07 Å². The Kier molecular flexibility index (Phi) is 3.42. The predicted octanol–water partition coefficient (Wildman–Crippen LogP) is 2.49. The van der Waals surface area contributed by atoms with Gasteiger partial charge in [0, 0.05) is 6.54 Å². The first-order valence-corrected chi connectivity index (χ1v) is 4.51. The van der Waals surface area contributed by atoms with Gasteiger partial charge in [0.2, 0.25) is 0 Å². The molecule has 0 atom stereocenters. The molecule has 0 aliphatic heterocycles. The van der Waals surface area contributed by atoms with Gasteiger partial charge in [-0.05, 0) is 31.8 Å². The third-order valence-corrected chi connectivity index (χ3v) is 2.01. The molecular formula is C10H12F4N2. The summed E-state index contributed by atoms with van der Waals surface area (Å²) in [5.41, 5.74) is 3.63. The van der Waals surface area contributed by atoms with Crippen LogP contribution in [0.4, 0.5) is 23.2 Å². The third-order valence-electron chi connectivity index (χ3n) is 2.01. The highest BCUT2D eigenvalue weighted by atomic mass is 19.4. The summed E-state index contributed by atoms with van der Waals surface area (Å²) in [5.74, 6) is -0.829. The van der Waals surface area contributed by atoms with Crippen molar-refractivity contribution in [2.75, 3.05) is 19.8 Å². The number of nitrogen functional groups attached to an aromatic ring is 1. The van der Waals surface area contributed by atoms with E-state index in [-0.39, 0.29) is 12.1 Å². The first-order valence-electron chi connectivity index (χ1n) is 4.51. The van der Waals surface area contributed by atoms with Crippen LogP contribution in [0.2, 0.25) is 0 Å². The second-order valence-corrected chi connectivity index (χ2v) is 3.77. The van der Waals surface area contributed by atoms with Crippen LogP contribution >= 0.6 is 0 Å². The van der Waals surface area contributed by atoms with Gasteiger partial charge >= 0.3 is 6.18 Å². The fourth-order valence-corrected chi connectivity index (χ4v) is 1.37. The molecule has 0 radical (unpaired) electrons. The highest BCUT2D eigenvalue weighted by Gasteiger charge is 2.34. The van der Waals surface area contributed by atoms with Gasteiger partial charge in [-0.15, -0.1) is 0 Å². The number of hydrogen-bond acceptors (Lipinski definition) is 2. The Morgan fingerprint density at radius 1 is 1.25 bits per heavy atom. The molecule has 1 aromatic rings. The number of hydrogen-bond donors (Lipinski definition) is 1. The monoisotopic (exact) mass is 236 g/mol. The summed E-state index contributed by atoms with van der Waals surface area (Å²) in [7, 11) is 3.21. The largest absolute Gasteiger partial charge is 0.416 e. The second-order valence-electron chi connectivity index (χ2n) is 3.77. The molecule has 0 fully saturated rings. The molecule has 0 aromatic heterocycles. The van der Waals surface area contributed by atoms with Gasteiger partial charge in [0.05, 0.1) is 11.3 Å². The highest BCUT2D eigenvalue weighted by molar-refractivity contribution is 5.47. The van der Waals surface area contributed by atoms with Crippen LogP contribution in [0.25, 0.3) is 0 Å². The highest BCUT2D eigenvalue weighted by Crippen LogP contribution is 2.34. The molecule has 0 bridgehead atoms. The maximum absolute atomic E-state index is 13.1. The van der Waals surface area contributed by atoms with Crippen LogP contribution in [-0.2, 0) is 12.7 Å². The standard InChI is InChI=1S/C10H12F4N2/c1-16(2)5-6-3-8(11)9(15)4-7(6)10(12,13)14/h3-4H,5,15H2,1-2H3. The lowest BCUT2D eigenvalue weighted by atomic mass is 10.1. The van der Waals surface area contributed by atoms with Gasteiger partial charge in [-0.2, -0.15) is 13.2 Å². The molecule has 0 amide bonds. The molecule has 6 heteroatoms. The summed E-state index contributed by atoms with van der Waals surface area (Å²) < 4.78 is 50.9. The summed E-state index contributed by atoms with van der Waals surface area (Å²) in [6, 6.07) is 1.46. The minimum absolute atomic E-state index is 0.00600. The van der Waals surface area contributed by atoms with Crippen molar-refractivity contribution in [1.29, 1.82) is 0 Å². The maximum atomic E-state index is 13.1. The van der Waals surface area contributed by atoms with Gasteiger partial charge < -0.3 is 10.6 Å². The molecule has 0 unspecified atom stereocenters. The number of alkyl halides is 3. The Bertz CT molecular complexity index is 385. The molecule has 1 aromatic carbocycles. The van der Waals surface area contributed by atoms with Crippen molar-refractivity contribution >= 4 is 5.69 Å². The van der Waals surface area contributed by atoms with Crippen molar-refractivity contribution in [2.45, 2.75) is 12.7 Å². The Labute approximate surface area is 90.7 Å². The molecule has 0 saturated heterocycles. The van der Waals surface area contributed by atoms with E-state index in [0.29, 0.717) is 6.07 Å². The van der Waals surface area contributed by atoms with E-state index >= 15 is 0 Å². The van der Waals surface area contributed by atoms with E-state index in [2.05, 4.69) is 0 Å². The summed E-state index contributed by atoms with van der Waals surface area (Å²) in [6.07, 6.45) is -4.52. The fraction of sp³-hybridized carbons (Fsp3) is 0.400. The van der Waals surface area contributed by atoms with Gasteiger partial charge in [0.1, 0.15) is 5.82 Å². The minimum Gasteiger partial charge on any atom is -0.396 e. The van der Waals surface area contributed by atoms with E-state index in [1.165, 1.54) is 4.90 Å². The molecule has 0 aliphatic rings. The molecule has 0 spiro atoms. The maximum Gasteiger partial charge on any atom is 0.416 e. The zero-order valence-electron chi connectivity index (χ0n) is 8.90. The molecule has 0 heterocycles. The molecule has 90 valence electrons. The van der Waals surface area contributed by atoms with Crippen LogP contribution in [0.1, 0.15) is 11.1 Å². The van der Waals surface area contributed by atoms with Crippen LogP contribution in [0.5, 0.6) is 0 Å². The third kappa shape index (κ3) is 2.85. The van der Waals surface area contributed by atoms with Crippen LogP contribution in [0.15, 0.2) is 12.1 Å². The summed E-state index contributed by atoms with van der Waals surface area (Å²) >= 11 is 0. The summed E-state index contributed by atoms with van der Waals surface area (Å²) in [4.78, 5) is 1.53. The van der Waals surface area contributed by atoms with E-state index in [4.69, 9.17) is 5.73 Å². The zero-order chi connectivity index (χ0) is 12.5. The van der Waals surface area contributed by atoms with Gasteiger partial charge in [0.15, 0.2) is 0 Å². The van der Waals surface area contributed by atoms with Crippen molar-refractivity contribution < 1.29 is 17.6 Å². The van der Waals surface area contributed by atoms with Crippen molar-refractivity contribution in [3.63, 3.8) is 0 Å². The quantitative estimate of drug-likeness (QED) is 0.631. The van der Waals surface area contributed by atoms with Crippen LogP contribution in [-0.4, -0.2) is 19.0 Å². The average molecular weight is 236 g/mol. The molecule has 2 nitrogen and oxygen atoms in total. The van der Waals surface area contributed by atoms with E-state index in [1.807, 2.05) is 0 Å². The Balaban J connectivity index is 3.28. The number of nitrogens with two attached hydrogens (primary N) is 1. The first kappa shape index (κ1) is 12.8. The SMILES string of the molecule is CN(C)Cc1cc(F)c(N)cc1C(F)(F)F. The Morgan fingerprint density at radius 3 is 2.25 bits per heavy atom. The first-order chi connectivity index (χ1) is 7.21. The van der Waals surface area contributed by atoms with Crippen molar-refractivity contribution in [3.05, 3.63) is 29.1 Å². The van der Waals surface area contributed by atoms with Crippen molar-refractivity contribution in [3.8, 4) is 0 Å². The van der Waals surface area contributed by atoms with Crippen LogP contribution in [0.3, 0.4) is 0 Å². The number of halogens is 4. The molecule has 0 saturated carbocycles. The van der Waals surface area contributed by atoms with Gasteiger partial charge in [-0.25, -0.2) is 4.39 Å².